The molecule has 0 aliphatic heterocycles. The number of nitrogens with one attached hydrogen (secondary N) is 1. The van der Waals surface area contributed by atoms with E-state index in [1.165, 1.54) is 0 Å². The number of rotatable bonds is 5. The smallest absolute Gasteiger partial charge is 0.196 e. The van der Waals surface area contributed by atoms with E-state index in [0.29, 0.717) is 22.3 Å². The Kier molecular flexibility index (Phi) is 5.49. The number of benzene rings is 3. The number of aromatic nitrogens is 3. The van der Waals surface area contributed by atoms with E-state index in [0.717, 1.165) is 33.8 Å². The van der Waals surface area contributed by atoms with Gasteiger partial charge in [0.15, 0.2) is 11.3 Å². The number of para-hydroxylation sites is 1. The molecule has 6 nitrogen and oxygen atoms in total. The van der Waals surface area contributed by atoms with E-state index >= 15 is 0 Å². The fraction of sp³-hybridized carbons (Fsp3) is 0.179. The minimum absolute atomic E-state index is 0.00302. The Morgan fingerprint density at radius 2 is 1.74 bits per heavy atom. The van der Waals surface area contributed by atoms with E-state index in [9.17, 15) is 4.79 Å². The summed E-state index contributed by atoms with van der Waals surface area (Å²) in [6.07, 6.45) is 1.69. The molecular weight excluding hydrogens is 424 g/mol. The van der Waals surface area contributed by atoms with Crippen LogP contribution < -0.4 is 10.7 Å². The molecule has 5 rings (SSSR count). The van der Waals surface area contributed by atoms with Crippen LogP contribution in [0.4, 0.5) is 5.69 Å². The largest absolute Gasteiger partial charge is 0.455 e. The monoisotopic (exact) mass is 450 g/mol. The van der Waals surface area contributed by atoms with Crippen molar-refractivity contribution in [2.75, 3.05) is 5.32 Å². The highest BCUT2D eigenvalue weighted by atomic mass is 16.3. The lowest BCUT2D eigenvalue weighted by molar-refractivity contribution is 0.605. The molecule has 0 aliphatic rings. The van der Waals surface area contributed by atoms with Crippen LogP contribution in [-0.2, 0) is 7.05 Å². The van der Waals surface area contributed by atoms with Crippen molar-refractivity contribution in [1.29, 1.82) is 0 Å². The summed E-state index contributed by atoms with van der Waals surface area (Å²) < 4.78 is 8.35. The number of anilines is 1. The third-order valence-electron chi connectivity index (χ3n) is 6.15. The van der Waals surface area contributed by atoms with Crippen LogP contribution in [0.5, 0.6) is 0 Å². The molecule has 2 heterocycles. The molecule has 0 bridgehead atoms. The zero-order chi connectivity index (χ0) is 23.8. The highest BCUT2D eigenvalue weighted by Crippen LogP contribution is 2.34. The molecule has 6 heteroatoms. The molecule has 2 aromatic heterocycles. The molecule has 0 aliphatic carbocycles. The molecule has 0 unspecified atom stereocenters. The van der Waals surface area contributed by atoms with Gasteiger partial charge in [-0.3, -0.25) is 4.79 Å². The average molecular weight is 451 g/mol. The summed E-state index contributed by atoms with van der Waals surface area (Å²) in [6.45, 7) is 5.90. The lowest BCUT2D eigenvalue weighted by atomic mass is 9.98. The van der Waals surface area contributed by atoms with Crippen LogP contribution in [0.3, 0.4) is 0 Å². The summed E-state index contributed by atoms with van der Waals surface area (Å²) in [4.78, 5) is 13.4. The van der Waals surface area contributed by atoms with Gasteiger partial charge in [0, 0.05) is 35.0 Å². The Labute approximate surface area is 197 Å². The van der Waals surface area contributed by atoms with Crippen molar-refractivity contribution in [3.63, 3.8) is 0 Å². The highest BCUT2D eigenvalue weighted by Gasteiger charge is 2.20. The molecule has 0 fully saturated rings. The van der Waals surface area contributed by atoms with Gasteiger partial charge in [0.05, 0.1) is 11.4 Å². The van der Waals surface area contributed by atoms with Gasteiger partial charge in [0.2, 0.25) is 0 Å². The molecule has 3 aromatic carbocycles. The first kappa shape index (κ1) is 21.6. The number of hydrogen-bond acceptors (Lipinski definition) is 5. The Balaban J connectivity index is 1.64. The van der Waals surface area contributed by atoms with Crippen molar-refractivity contribution >= 4 is 16.7 Å². The normalized spacial score (nSPS) is 12.1. The fourth-order valence-electron chi connectivity index (χ4n) is 4.40. The van der Waals surface area contributed by atoms with E-state index in [1.807, 2.05) is 86.1 Å². The summed E-state index contributed by atoms with van der Waals surface area (Å²) >= 11 is 0. The van der Waals surface area contributed by atoms with Crippen molar-refractivity contribution in [2.45, 2.75) is 26.8 Å². The summed E-state index contributed by atoms with van der Waals surface area (Å²) in [5.74, 6) is 1.38. The van der Waals surface area contributed by atoms with Crippen molar-refractivity contribution in [2.24, 2.45) is 7.05 Å². The van der Waals surface area contributed by atoms with E-state index in [-0.39, 0.29) is 11.5 Å². The van der Waals surface area contributed by atoms with Gasteiger partial charge in [-0.05, 0) is 44.5 Å². The summed E-state index contributed by atoms with van der Waals surface area (Å²) in [5, 5.41) is 12.5. The van der Waals surface area contributed by atoms with Crippen LogP contribution >= 0.6 is 0 Å². The van der Waals surface area contributed by atoms with Crippen LogP contribution in [0.1, 0.15) is 29.7 Å². The maximum Gasteiger partial charge on any atom is 0.196 e. The molecule has 0 saturated carbocycles. The van der Waals surface area contributed by atoms with Gasteiger partial charge in [-0.1, -0.05) is 48.5 Å². The molecule has 5 aromatic rings. The van der Waals surface area contributed by atoms with Crippen molar-refractivity contribution < 1.29 is 4.42 Å². The SMILES string of the molecule is Cc1cc([C@@H](C)Nc2ccccc2-c2nncn2C)c2oc(-c3ccccc3)c(C)c(=O)c2c1. The zero-order valence-corrected chi connectivity index (χ0v) is 19.7. The first-order valence-electron chi connectivity index (χ1n) is 11.3. The number of fused-ring (bicyclic) bond motifs is 1. The van der Waals surface area contributed by atoms with E-state index in [2.05, 4.69) is 28.5 Å². The van der Waals surface area contributed by atoms with Gasteiger partial charge in [-0.2, -0.15) is 0 Å². The molecule has 0 radical (unpaired) electrons. The summed E-state index contributed by atoms with van der Waals surface area (Å²) in [6, 6.07) is 21.6. The summed E-state index contributed by atoms with van der Waals surface area (Å²) in [7, 11) is 1.92. The molecule has 34 heavy (non-hydrogen) atoms. The van der Waals surface area contributed by atoms with Crippen LogP contribution in [0, 0.1) is 13.8 Å². The number of aryl methyl sites for hydroxylation is 2. The molecule has 0 spiro atoms. The van der Waals surface area contributed by atoms with Gasteiger partial charge in [-0.15, -0.1) is 10.2 Å². The maximum atomic E-state index is 13.4. The Bertz CT molecular complexity index is 1550. The molecule has 170 valence electrons. The molecule has 1 N–H and O–H groups in total. The van der Waals surface area contributed by atoms with Gasteiger partial charge in [0.1, 0.15) is 17.7 Å². The zero-order valence-electron chi connectivity index (χ0n) is 19.7. The lowest BCUT2D eigenvalue weighted by Gasteiger charge is -2.20. The predicted molar refractivity (Wildman–Crippen MR) is 136 cm³/mol. The summed E-state index contributed by atoms with van der Waals surface area (Å²) in [5.41, 5.74) is 5.93. The van der Waals surface area contributed by atoms with Gasteiger partial charge < -0.3 is 14.3 Å². The quantitative estimate of drug-likeness (QED) is 0.353. The van der Waals surface area contributed by atoms with Crippen molar-refractivity contribution in [3.8, 4) is 22.7 Å². The standard InChI is InChI=1S/C28H26N4O2/c1-17-14-22(19(3)30-24-13-9-8-12-21(24)28-31-29-16-32(28)4)27-23(15-17)25(33)18(2)26(34-27)20-10-6-5-7-11-20/h5-16,19,30H,1-4H3/t19-/m1/s1. The van der Waals surface area contributed by atoms with Crippen molar-refractivity contribution in [3.05, 3.63) is 100.0 Å². The number of nitrogens with zero attached hydrogens (tertiary/aromatic N) is 3. The molecular formula is C28H26N4O2. The van der Waals surface area contributed by atoms with E-state index in [4.69, 9.17) is 4.42 Å². The van der Waals surface area contributed by atoms with E-state index in [1.54, 1.807) is 6.33 Å². The maximum absolute atomic E-state index is 13.4. The Morgan fingerprint density at radius 1 is 1.00 bits per heavy atom. The van der Waals surface area contributed by atoms with Crippen LogP contribution in [0.2, 0.25) is 0 Å². The molecule has 1 atom stereocenters. The Hall–Kier alpha value is -4.19. The van der Waals surface area contributed by atoms with Crippen LogP contribution in [-0.4, -0.2) is 14.8 Å². The molecule has 0 amide bonds. The fourth-order valence-corrected chi connectivity index (χ4v) is 4.40. The first-order chi connectivity index (χ1) is 16.4. The van der Waals surface area contributed by atoms with Crippen LogP contribution in [0.25, 0.3) is 33.7 Å². The first-order valence-corrected chi connectivity index (χ1v) is 11.3. The third kappa shape index (κ3) is 3.77. The second-order valence-electron chi connectivity index (χ2n) is 8.66. The minimum Gasteiger partial charge on any atom is -0.455 e. The number of hydrogen-bond donors (Lipinski definition) is 1. The third-order valence-corrected chi connectivity index (χ3v) is 6.15. The second-order valence-corrected chi connectivity index (χ2v) is 8.66. The molecule has 0 saturated heterocycles. The highest BCUT2D eigenvalue weighted by molar-refractivity contribution is 5.85. The van der Waals surface area contributed by atoms with Gasteiger partial charge >= 0.3 is 0 Å². The van der Waals surface area contributed by atoms with Gasteiger partial charge in [0.25, 0.3) is 0 Å². The average Bonchev–Trinajstić information content (AvgIpc) is 3.27. The predicted octanol–water partition coefficient (Wildman–Crippen LogP) is 6.05. The van der Waals surface area contributed by atoms with E-state index < -0.39 is 0 Å². The van der Waals surface area contributed by atoms with Gasteiger partial charge in [-0.25, -0.2) is 0 Å². The lowest BCUT2D eigenvalue weighted by Crippen LogP contribution is -2.13. The van der Waals surface area contributed by atoms with Crippen molar-refractivity contribution in [1.82, 2.24) is 14.8 Å². The van der Waals surface area contributed by atoms with Crippen LogP contribution in [0.15, 0.2) is 82.3 Å². The second kappa shape index (κ2) is 8.63. The topological polar surface area (TPSA) is 73.0 Å². The Morgan fingerprint density at radius 3 is 2.47 bits per heavy atom. The minimum atomic E-state index is -0.133.